The van der Waals surface area contributed by atoms with Crippen LogP contribution in [-0.4, -0.2) is 11.2 Å². The molecule has 0 atom stereocenters. The number of benzene rings is 1. The maximum Gasteiger partial charge on any atom is 2.00 e. The Morgan fingerprint density at radius 3 is 1.95 bits per heavy atom. The number of aromatic nitrogens is 1. The second kappa shape index (κ2) is 14.9. The second-order valence-corrected chi connectivity index (χ2v) is 3.60. The van der Waals surface area contributed by atoms with Crippen molar-refractivity contribution in [3.05, 3.63) is 91.3 Å². The summed E-state index contributed by atoms with van der Waals surface area (Å²) in [5.74, 6) is 0. The van der Waals surface area contributed by atoms with E-state index in [2.05, 4.69) is 9.98 Å². The molecule has 115 valence electrons. The molecule has 2 aromatic rings. The van der Waals surface area contributed by atoms with Crippen molar-refractivity contribution in [2.45, 2.75) is 0 Å². The van der Waals surface area contributed by atoms with Gasteiger partial charge >= 0.3 is 17.1 Å². The molecular formula is C12H9ClCuN8. The Morgan fingerprint density at radius 1 is 0.955 bits per heavy atom. The molecule has 0 unspecified atom stereocenters. The van der Waals surface area contributed by atoms with Crippen LogP contribution in [0.25, 0.3) is 31.9 Å². The van der Waals surface area contributed by atoms with Crippen LogP contribution in [-0.2, 0) is 17.1 Å². The zero-order valence-electron chi connectivity index (χ0n) is 11.0. The third kappa shape index (κ3) is 11.3. The monoisotopic (exact) mass is 363 g/mol. The van der Waals surface area contributed by atoms with E-state index in [1.54, 1.807) is 12.4 Å². The van der Waals surface area contributed by atoms with Crippen molar-refractivity contribution < 1.29 is 17.1 Å². The number of halogens is 1. The first kappa shape index (κ1) is 21.8. The van der Waals surface area contributed by atoms with Gasteiger partial charge in [-0.1, -0.05) is 17.7 Å². The summed E-state index contributed by atoms with van der Waals surface area (Å²) in [6.07, 6.45) is 3.46. The smallest absolute Gasteiger partial charge is 0.373 e. The van der Waals surface area contributed by atoms with Crippen LogP contribution in [0.1, 0.15) is 5.69 Å². The maximum absolute atomic E-state index is 6.75. The molecule has 22 heavy (non-hydrogen) atoms. The van der Waals surface area contributed by atoms with Gasteiger partial charge in [0.15, 0.2) is 0 Å². The van der Waals surface area contributed by atoms with Gasteiger partial charge in [-0.25, -0.2) is 0 Å². The molecule has 8 nitrogen and oxygen atoms in total. The van der Waals surface area contributed by atoms with Crippen molar-refractivity contribution in [3.8, 4) is 0 Å². The van der Waals surface area contributed by atoms with E-state index in [9.17, 15) is 0 Å². The van der Waals surface area contributed by atoms with Gasteiger partial charge in [0.05, 0.1) is 17.6 Å². The predicted molar refractivity (Wildman–Crippen MR) is 83.1 cm³/mol. The van der Waals surface area contributed by atoms with E-state index >= 15 is 0 Å². The molecule has 0 saturated heterocycles. The number of pyridine rings is 1. The van der Waals surface area contributed by atoms with E-state index in [1.807, 2.05) is 42.5 Å². The van der Waals surface area contributed by atoms with Crippen LogP contribution in [0.2, 0.25) is 5.02 Å². The molecule has 0 saturated carbocycles. The SMILES string of the molecule is Clc1ccc(N=Cc2ccccn2)cc1.[Cu+2].[N-]=[N+]=[N-].[N-]=[N+]=[N-]. The number of hydrogen-bond donors (Lipinski definition) is 0. The standard InChI is InChI=1S/C12H9ClN2.Cu.2N3/c13-10-4-6-11(7-5-10)15-9-12-3-1-2-8-14-12;;2*1-3-2/h1-9H;;;/q;+2;2*-1. The average Bonchev–Trinajstić information content (AvgIpc) is 2.49. The summed E-state index contributed by atoms with van der Waals surface area (Å²) in [7, 11) is 0. The van der Waals surface area contributed by atoms with Gasteiger partial charge in [-0.15, -0.1) is 0 Å². The van der Waals surface area contributed by atoms with Crippen LogP contribution >= 0.6 is 11.6 Å². The summed E-state index contributed by atoms with van der Waals surface area (Å²) in [5.41, 5.74) is 28.7. The van der Waals surface area contributed by atoms with Crippen LogP contribution in [0.5, 0.6) is 0 Å². The molecule has 0 aliphatic rings. The number of aliphatic imine (C=N–C) groups is 1. The minimum Gasteiger partial charge on any atom is -0.373 e. The van der Waals surface area contributed by atoms with Gasteiger partial charge in [-0.2, -0.15) is 0 Å². The second-order valence-electron chi connectivity index (χ2n) is 3.17. The summed E-state index contributed by atoms with van der Waals surface area (Å²) in [6.45, 7) is 0. The first-order valence-electron chi connectivity index (χ1n) is 5.35. The number of nitrogens with zero attached hydrogens (tertiary/aromatic N) is 8. The number of rotatable bonds is 2. The van der Waals surface area contributed by atoms with Crippen molar-refractivity contribution in [1.82, 2.24) is 4.98 Å². The Morgan fingerprint density at radius 2 is 1.50 bits per heavy atom. The Labute approximate surface area is 142 Å². The molecule has 0 amide bonds. The van der Waals surface area contributed by atoms with E-state index in [-0.39, 0.29) is 17.1 Å². The van der Waals surface area contributed by atoms with Crippen LogP contribution in [0.4, 0.5) is 5.69 Å². The van der Waals surface area contributed by atoms with Gasteiger partial charge in [-0.05, 0) is 36.4 Å². The predicted octanol–water partition coefficient (Wildman–Crippen LogP) is 5.22. The van der Waals surface area contributed by atoms with Gasteiger partial charge < -0.3 is 22.1 Å². The van der Waals surface area contributed by atoms with Crippen LogP contribution in [0, 0.1) is 0 Å². The first-order chi connectivity index (χ1) is 10.2. The van der Waals surface area contributed by atoms with Gasteiger partial charge in [0.25, 0.3) is 0 Å². The molecular weight excluding hydrogens is 355 g/mol. The molecule has 0 aliphatic carbocycles. The zero-order valence-corrected chi connectivity index (χ0v) is 12.7. The fraction of sp³-hybridized carbons (Fsp3) is 0. The molecule has 0 bridgehead atoms. The van der Waals surface area contributed by atoms with E-state index in [0.717, 1.165) is 11.4 Å². The quantitative estimate of drug-likeness (QED) is 0.233. The molecule has 10 heteroatoms. The van der Waals surface area contributed by atoms with Crippen molar-refractivity contribution in [2.24, 2.45) is 4.99 Å². The minimum atomic E-state index is 0. The summed E-state index contributed by atoms with van der Waals surface area (Å²) in [4.78, 5) is 11.4. The summed E-state index contributed by atoms with van der Waals surface area (Å²) < 4.78 is 0. The van der Waals surface area contributed by atoms with Crippen molar-refractivity contribution >= 4 is 23.5 Å². The van der Waals surface area contributed by atoms with Gasteiger partial charge in [-0.3, -0.25) is 19.8 Å². The van der Waals surface area contributed by atoms with E-state index in [0.29, 0.717) is 5.02 Å². The Bertz CT molecular complexity index is 605. The minimum absolute atomic E-state index is 0. The Balaban J connectivity index is 0. The number of hydrogen-bond acceptors (Lipinski definition) is 2. The topological polar surface area (TPSA) is 143 Å². The zero-order chi connectivity index (χ0) is 15.9. The summed E-state index contributed by atoms with van der Waals surface area (Å²) in [6, 6.07) is 13.1. The molecule has 0 N–H and O–H groups in total. The van der Waals surface area contributed by atoms with Gasteiger partial charge in [0.1, 0.15) is 0 Å². The third-order valence-electron chi connectivity index (χ3n) is 1.86. The normalized spacial score (nSPS) is 8.05. The van der Waals surface area contributed by atoms with Crippen LogP contribution in [0.15, 0.2) is 53.7 Å². The maximum atomic E-state index is 6.75. The van der Waals surface area contributed by atoms with Crippen LogP contribution < -0.4 is 0 Å². The Hall–Kier alpha value is -2.53. The molecule has 0 fully saturated rings. The summed E-state index contributed by atoms with van der Waals surface area (Å²) in [5, 5.41) is 0.715. The van der Waals surface area contributed by atoms with E-state index in [1.165, 1.54) is 9.82 Å². The van der Waals surface area contributed by atoms with Crippen molar-refractivity contribution in [1.29, 1.82) is 0 Å². The van der Waals surface area contributed by atoms with E-state index in [4.69, 9.17) is 33.7 Å². The molecule has 1 radical (unpaired) electrons. The fourth-order valence-electron chi connectivity index (χ4n) is 1.12. The molecule has 2 rings (SSSR count). The molecule has 0 aliphatic heterocycles. The Kier molecular flexibility index (Phi) is 14.7. The average molecular weight is 364 g/mol. The van der Waals surface area contributed by atoms with Crippen molar-refractivity contribution in [2.75, 3.05) is 0 Å². The molecule has 0 spiro atoms. The van der Waals surface area contributed by atoms with Gasteiger partial charge in [0, 0.05) is 11.2 Å². The molecule has 1 aromatic heterocycles. The van der Waals surface area contributed by atoms with Gasteiger partial charge in [0.2, 0.25) is 0 Å². The third-order valence-corrected chi connectivity index (χ3v) is 2.11. The largest absolute Gasteiger partial charge is 2.00 e. The van der Waals surface area contributed by atoms with Crippen molar-refractivity contribution in [3.63, 3.8) is 0 Å². The summed E-state index contributed by atoms with van der Waals surface area (Å²) >= 11 is 5.76. The fourth-order valence-corrected chi connectivity index (χ4v) is 1.25. The van der Waals surface area contributed by atoms with Crippen LogP contribution in [0.3, 0.4) is 0 Å². The van der Waals surface area contributed by atoms with E-state index < -0.39 is 0 Å². The first-order valence-corrected chi connectivity index (χ1v) is 5.73. The molecule has 1 aromatic carbocycles. The molecule has 1 heterocycles.